The molecule has 1 heterocycles. The summed E-state index contributed by atoms with van der Waals surface area (Å²) in [7, 11) is 0. The van der Waals surface area contributed by atoms with Crippen molar-refractivity contribution < 1.29 is 23.9 Å². The van der Waals surface area contributed by atoms with E-state index in [2.05, 4.69) is 12.2 Å². The smallest absolute Gasteiger partial charge is 0.321 e. The molecule has 2 fully saturated rings. The third kappa shape index (κ3) is 6.92. The van der Waals surface area contributed by atoms with Crippen LogP contribution in [0.5, 0.6) is 0 Å². The van der Waals surface area contributed by atoms with Crippen LogP contribution in [0.2, 0.25) is 0 Å². The number of ketones is 3. The van der Waals surface area contributed by atoms with Gasteiger partial charge >= 0.3 is 5.97 Å². The van der Waals surface area contributed by atoms with Gasteiger partial charge in [0.15, 0.2) is 11.6 Å². The Bertz CT molecular complexity index is 1360. The van der Waals surface area contributed by atoms with Crippen LogP contribution >= 0.6 is 0 Å². The molecule has 1 aliphatic carbocycles. The molecule has 43 heavy (non-hydrogen) atoms. The number of fused-ring (bicyclic) bond motifs is 2. The minimum absolute atomic E-state index is 0.0728. The Hall–Kier alpha value is -3.34. The first-order valence-corrected chi connectivity index (χ1v) is 15.6. The highest BCUT2D eigenvalue weighted by Crippen LogP contribution is 2.58. The fourth-order valence-corrected chi connectivity index (χ4v) is 6.70. The standard InChI is InChI=1S/C38H50O5/c1-25(2)14-13-21-36(9)30(18-17-26(3)4)24-37(22-19-27(5)6)34(41)38(43-35(37)42,23-20-28(7)8)33(40)31(36)32(39)29-15-11-10-12-16-29/h10-12,14-17,19-20,30-31H,13,18,21-24H2,1-9H3/t30-,31+,36+,37+,38-/m0/s1. The summed E-state index contributed by atoms with van der Waals surface area (Å²) in [6, 6.07) is 8.84. The molecule has 5 heteroatoms. The van der Waals surface area contributed by atoms with Crippen molar-refractivity contribution in [1.82, 2.24) is 0 Å². The summed E-state index contributed by atoms with van der Waals surface area (Å²) in [6.45, 7) is 17.8. The number of carbonyl (C=O) groups excluding carboxylic acids is 4. The zero-order valence-electron chi connectivity index (χ0n) is 27.6. The highest BCUT2D eigenvalue weighted by atomic mass is 16.6. The monoisotopic (exact) mass is 586 g/mol. The highest BCUT2D eigenvalue weighted by Gasteiger charge is 2.72. The molecule has 0 radical (unpaired) electrons. The number of ether oxygens (including phenoxy) is 1. The summed E-state index contributed by atoms with van der Waals surface area (Å²) >= 11 is 0. The van der Waals surface area contributed by atoms with Crippen molar-refractivity contribution in [3.63, 3.8) is 0 Å². The van der Waals surface area contributed by atoms with Gasteiger partial charge in [-0.1, -0.05) is 83.9 Å². The maximum Gasteiger partial charge on any atom is 0.321 e. The molecular weight excluding hydrogens is 536 g/mol. The number of Topliss-reactive ketones (excluding diaryl/α,β-unsaturated/α-hetero) is 3. The molecule has 232 valence electrons. The van der Waals surface area contributed by atoms with Gasteiger partial charge in [0.05, 0.1) is 5.92 Å². The minimum Gasteiger partial charge on any atom is -0.442 e. The number of carbonyl (C=O) groups is 4. The van der Waals surface area contributed by atoms with Crippen LogP contribution in [0.25, 0.3) is 0 Å². The van der Waals surface area contributed by atoms with Crippen molar-refractivity contribution in [1.29, 1.82) is 0 Å². The Labute approximate surface area is 258 Å². The van der Waals surface area contributed by atoms with Gasteiger partial charge in [0.25, 0.3) is 0 Å². The molecule has 0 aromatic heterocycles. The van der Waals surface area contributed by atoms with E-state index in [1.807, 2.05) is 74.5 Å². The normalized spacial score (nSPS) is 28.3. The molecule has 5 nitrogen and oxygen atoms in total. The molecule has 0 spiro atoms. The Morgan fingerprint density at radius 3 is 1.93 bits per heavy atom. The fourth-order valence-electron chi connectivity index (χ4n) is 6.70. The Balaban J connectivity index is 2.42. The Morgan fingerprint density at radius 1 is 0.814 bits per heavy atom. The van der Waals surface area contributed by atoms with E-state index in [9.17, 15) is 14.4 Å². The van der Waals surface area contributed by atoms with Gasteiger partial charge in [-0.05, 0) is 98.8 Å². The molecule has 0 unspecified atom stereocenters. The molecule has 5 atom stereocenters. The van der Waals surface area contributed by atoms with Gasteiger partial charge in [-0.15, -0.1) is 0 Å². The molecule has 2 aliphatic rings. The van der Waals surface area contributed by atoms with Gasteiger partial charge in [-0.25, -0.2) is 0 Å². The third-order valence-corrected chi connectivity index (χ3v) is 9.33. The first-order chi connectivity index (χ1) is 20.1. The van der Waals surface area contributed by atoms with Gasteiger partial charge < -0.3 is 4.74 Å². The van der Waals surface area contributed by atoms with E-state index in [1.54, 1.807) is 30.3 Å². The topological polar surface area (TPSA) is 77.5 Å². The predicted octanol–water partition coefficient (Wildman–Crippen LogP) is 8.75. The number of allylic oxidation sites excluding steroid dienone is 7. The molecule has 1 saturated heterocycles. The van der Waals surface area contributed by atoms with Crippen LogP contribution in [0.3, 0.4) is 0 Å². The maximum absolute atomic E-state index is 15.1. The van der Waals surface area contributed by atoms with E-state index in [4.69, 9.17) is 4.74 Å². The minimum atomic E-state index is -2.04. The lowest BCUT2D eigenvalue weighted by Crippen LogP contribution is -2.59. The zero-order chi connectivity index (χ0) is 32.2. The lowest BCUT2D eigenvalue weighted by Gasteiger charge is -2.47. The number of benzene rings is 1. The second-order valence-electron chi connectivity index (χ2n) is 13.9. The molecule has 3 rings (SSSR count). The largest absolute Gasteiger partial charge is 0.442 e. The van der Waals surface area contributed by atoms with Crippen LogP contribution in [0.15, 0.2) is 76.9 Å². The van der Waals surface area contributed by atoms with Crippen LogP contribution in [0.1, 0.15) is 111 Å². The summed E-state index contributed by atoms with van der Waals surface area (Å²) in [5.74, 6) is -3.53. The molecule has 1 aromatic rings. The molecule has 1 aliphatic heterocycles. The van der Waals surface area contributed by atoms with Crippen LogP contribution in [0, 0.1) is 22.7 Å². The van der Waals surface area contributed by atoms with Crippen molar-refractivity contribution in [3.8, 4) is 0 Å². The highest BCUT2D eigenvalue weighted by molar-refractivity contribution is 6.28. The Morgan fingerprint density at radius 2 is 1.37 bits per heavy atom. The molecule has 0 N–H and O–H groups in total. The van der Waals surface area contributed by atoms with E-state index in [0.29, 0.717) is 24.8 Å². The summed E-state index contributed by atoms with van der Waals surface area (Å²) in [6.07, 6.45) is 10.0. The predicted molar refractivity (Wildman–Crippen MR) is 173 cm³/mol. The quantitative estimate of drug-likeness (QED) is 0.112. The zero-order valence-corrected chi connectivity index (χ0v) is 27.6. The lowest BCUT2D eigenvalue weighted by molar-refractivity contribution is -0.163. The molecule has 1 aromatic carbocycles. The average Bonchev–Trinajstić information content (AvgIpc) is 3.15. The van der Waals surface area contributed by atoms with Gasteiger partial charge in [0.1, 0.15) is 5.41 Å². The molecular formula is C38H50O5. The van der Waals surface area contributed by atoms with Crippen molar-refractivity contribution in [2.45, 2.75) is 106 Å². The van der Waals surface area contributed by atoms with E-state index >= 15 is 4.79 Å². The van der Waals surface area contributed by atoms with Crippen LogP contribution in [-0.4, -0.2) is 28.9 Å². The number of hydrogen-bond donors (Lipinski definition) is 0. The van der Waals surface area contributed by atoms with E-state index < -0.39 is 39.9 Å². The molecule has 2 bridgehead atoms. The lowest BCUT2D eigenvalue weighted by atomic mass is 9.52. The summed E-state index contributed by atoms with van der Waals surface area (Å²) in [5, 5.41) is 0. The molecule has 1 saturated carbocycles. The van der Waals surface area contributed by atoms with E-state index in [1.165, 1.54) is 0 Å². The second kappa shape index (κ2) is 13.5. The first kappa shape index (κ1) is 34.2. The first-order valence-electron chi connectivity index (χ1n) is 15.6. The third-order valence-electron chi connectivity index (χ3n) is 9.33. The van der Waals surface area contributed by atoms with Crippen molar-refractivity contribution >= 4 is 23.3 Å². The van der Waals surface area contributed by atoms with Crippen LogP contribution in [-0.2, 0) is 19.1 Å². The van der Waals surface area contributed by atoms with Gasteiger partial charge in [-0.2, -0.15) is 0 Å². The second-order valence-corrected chi connectivity index (χ2v) is 13.9. The van der Waals surface area contributed by atoms with Crippen molar-refractivity contribution in [3.05, 3.63) is 82.5 Å². The van der Waals surface area contributed by atoms with Crippen molar-refractivity contribution in [2.24, 2.45) is 22.7 Å². The van der Waals surface area contributed by atoms with Crippen LogP contribution in [0.4, 0.5) is 0 Å². The maximum atomic E-state index is 15.1. The summed E-state index contributed by atoms with van der Waals surface area (Å²) in [4.78, 5) is 58.6. The summed E-state index contributed by atoms with van der Waals surface area (Å²) in [5.41, 5.74) is 0.148. The number of hydrogen-bond acceptors (Lipinski definition) is 5. The SMILES string of the molecule is CC(C)=CCC[C@]1(C)[C@@H](CC=C(C)C)C[C@@]2(CC=C(C)C)C(=O)O[C@@](CC=C(C)C)(C(=O)[C@H]1C(=O)c1ccccc1)C2=O. The average molecular weight is 587 g/mol. The fraction of sp³-hybridized carbons (Fsp3) is 0.526. The van der Waals surface area contributed by atoms with E-state index in [-0.39, 0.29) is 31.0 Å². The number of rotatable bonds is 11. The van der Waals surface area contributed by atoms with Crippen LogP contribution < -0.4 is 0 Å². The van der Waals surface area contributed by atoms with E-state index in [0.717, 1.165) is 22.3 Å². The molecule has 0 amide bonds. The Kier molecular flexibility index (Phi) is 10.7. The van der Waals surface area contributed by atoms with Gasteiger partial charge in [0.2, 0.25) is 11.4 Å². The van der Waals surface area contributed by atoms with Crippen molar-refractivity contribution in [2.75, 3.05) is 0 Å². The number of esters is 1. The van der Waals surface area contributed by atoms with Gasteiger partial charge in [0, 0.05) is 12.0 Å². The summed E-state index contributed by atoms with van der Waals surface area (Å²) < 4.78 is 6.08. The van der Waals surface area contributed by atoms with Gasteiger partial charge in [-0.3, -0.25) is 19.2 Å².